The molecule has 11 atom stereocenters. The number of amides is 21. The highest BCUT2D eigenvalue weighted by atomic mass is 16.4. The molecule has 0 bridgehead atoms. The molecular weight excluding hydrogens is 1860 g/mol. The highest BCUT2D eigenvalue weighted by Crippen LogP contribution is 2.25. The van der Waals surface area contributed by atoms with Crippen LogP contribution in [0.25, 0.3) is 0 Å². The fourth-order valence-electron chi connectivity index (χ4n) is 13.7. The zero-order chi connectivity index (χ0) is 111. The number of likely N-dealkylation sites (tertiary alicyclic amines) is 1. The highest BCUT2D eigenvalue weighted by molar-refractivity contribution is 6.06. The molecule has 1 saturated heterocycles. The molecule has 0 spiro atoms. The summed E-state index contributed by atoms with van der Waals surface area (Å²) in [5, 5.41) is 69.1. The molecule has 1 aliphatic heterocycles. The van der Waals surface area contributed by atoms with Crippen molar-refractivity contribution in [3.8, 4) is 0 Å². The van der Waals surface area contributed by atoms with E-state index in [-0.39, 0.29) is 50.5 Å². The molecule has 48 nitrogen and oxygen atoms in total. The summed E-state index contributed by atoms with van der Waals surface area (Å²) in [5.41, 5.74) is -12.0. The topological polar surface area (TPSA) is 719 Å². The van der Waals surface area contributed by atoms with Crippen molar-refractivity contribution in [1.82, 2.24) is 117 Å². The molecule has 0 aliphatic carbocycles. The van der Waals surface area contributed by atoms with Gasteiger partial charge < -0.3 is 127 Å². The lowest BCUT2D eigenvalue weighted by atomic mass is 9.95. The number of ketones is 1. The summed E-state index contributed by atoms with van der Waals surface area (Å²) >= 11 is 0. The van der Waals surface area contributed by atoms with Crippen molar-refractivity contribution in [2.45, 2.75) is 427 Å². The van der Waals surface area contributed by atoms with E-state index in [9.17, 15) is 110 Å². The number of nitrogens with two attached hydrogens (primary N) is 1. The van der Waals surface area contributed by atoms with E-state index in [1.807, 2.05) is 0 Å². The Morgan fingerprint density at radius 3 is 1.00 bits per heavy atom. The van der Waals surface area contributed by atoms with Gasteiger partial charge in [0.2, 0.25) is 124 Å². The van der Waals surface area contributed by atoms with E-state index in [1.54, 1.807) is 20.8 Å². The summed E-state index contributed by atoms with van der Waals surface area (Å²) in [6.07, 6.45) is 10.6. The number of guanidine groups is 1. The maximum Gasteiger partial charge on any atom is 0.325 e. The Bertz CT molecular complexity index is 4630. The van der Waals surface area contributed by atoms with Crippen LogP contribution in [-0.4, -0.2) is 287 Å². The quantitative estimate of drug-likeness (QED) is 0.0136. The van der Waals surface area contributed by atoms with Crippen LogP contribution < -0.4 is 117 Å². The van der Waals surface area contributed by atoms with Crippen LogP contribution in [0.1, 0.15) is 311 Å². The standard InChI is InChI=1S/C95H166N24O24/c1-32-33-34-35-36-37-38-39-40-45-62(120)51(4)73(131)119-47-42-44-61(119)72(130)114-93(26,27)82(141)117-95(30,31)84(143)118-94(28,29)83(142)116-90(20,21)77(136)105-53(6)65(123)101-55(8)67(125)113-89(18,19)80(139)108-60(48-50(2)3)71(129)103-57(10)69(127)111-87(14,15)76(135)104-52(5)64(122)100-54(7)66(124)112-88(16,17)79(138)107-59(43-41-46-98-85(96)97)70(128)102-56(9)68(126)110-86(12,13)75(134)99-49-63(121)109-92(24,25)81(140)115-91(22,23)78(137)106-58(11)74(132)133/h50-61H,32-49H2,1-31H3,(H,99,134)(H,100,122)(H,101,123)(H,102,128)(H,103,129)(H,104,135)(H,105,136)(H,106,137)(H,107,138)(H,108,139)(H,109,121)(H,110,126)(H,111,127)(H,112,124)(H,113,125)(H,114,130)(H,115,140)(H,116,142)(H,117,141)(H,118,143)(H,132,133)(H4,96,97,98)/t51-,52+,53+,54+,55+,56+,57+,58+,59-,60+,61+/m1/s1. The number of nitrogens with one attached hydrogen (secondary N) is 22. The fraction of sp³-hybridized carbons (Fsp3) is 0.747. The van der Waals surface area contributed by atoms with Crippen molar-refractivity contribution in [1.29, 1.82) is 5.41 Å². The van der Waals surface area contributed by atoms with Gasteiger partial charge in [0.25, 0.3) is 0 Å². The zero-order valence-electron chi connectivity index (χ0n) is 89.5. The van der Waals surface area contributed by atoms with Gasteiger partial charge in [-0.15, -0.1) is 0 Å². The summed E-state index contributed by atoms with van der Waals surface area (Å²) in [7, 11) is 0. The molecule has 143 heavy (non-hydrogen) atoms. The Hall–Kier alpha value is -12.7. The number of carboxylic acids is 1. The normalized spacial score (nSPS) is 15.3. The van der Waals surface area contributed by atoms with Crippen LogP contribution in [0.2, 0.25) is 0 Å². The summed E-state index contributed by atoms with van der Waals surface area (Å²) in [6.45, 7) is 42.0. The van der Waals surface area contributed by atoms with Gasteiger partial charge in [-0.05, 0) is 238 Å². The largest absolute Gasteiger partial charge is 0.480 e. The highest BCUT2D eigenvalue weighted by Gasteiger charge is 2.48. The van der Waals surface area contributed by atoms with E-state index < -0.39 is 264 Å². The van der Waals surface area contributed by atoms with Crippen molar-refractivity contribution in [3.63, 3.8) is 0 Å². The predicted octanol–water partition coefficient (Wildman–Crippen LogP) is -1.94. The lowest BCUT2D eigenvalue weighted by molar-refractivity contribution is -0.146. The number of aliphatic carboxylic acids is 1. The molecule has 25 N–H and O–H groups in total. The minimum Gasteiger partial charge on any atom is -0.480 e. The Balaban J connectivity index is 2.97. The van der Waals surface area contributed by atoms with Crippen LogP contribution in [0.4, 0.5) is 0 Å². The zero-order valence-corrected chi connectivity index (χ0v) is 89.5. The van der Waals surface area contributed by atoms with Crippen LogP contribution in [0, 0.1) is 17.2 Å². The van der Waals surface area contributed by atoms with Crippen molar-refractivity contribution in [2.24, 2.45) is 17.6 Å². The van der Waals surface area contributed by atoms with Crippen molar-refractivity contribution >= 4 is 142 Å². The first-order valence-corrected chi connectivity index (χ1v) is 48.6. The van der Waals surface area contributed by atoms with Gasteiger partial charge in [-0.1, -0.05) is 72.1 Å². The van der Waals surface area contributed by atoms with Gasteiger partial charge in [-0.2, -0.15) is 0 Å². The molecule has 1 aliphatic rings. The molecule has 0 aromatic heterocycles. The van der Waals surface area contributed by atoms with Crippen molar-refractivity contribution in [3.05, 3.63) is 0 Å². The summed E-state index contributed by atoms with van der Waals surface area (Å²) < 4.78 is 0. The number of unbranched alkanes of at least 4 members (excludes halogenated alkanes) is 8. The van der Waals surface area contributed by atoms with Crippen LogP contribution in [0.5, 0.6) is 0 Å². The molecule has 0 saturated carbocycles. The van der Waals surface area contributed by atoms with Gasteiger partial charge >= 0.3 is 5.97 Å². The first-order valence-electron chi connectivity index (χ1n) is 48.6. The van der Waals surface area contributed by atoms with Crippen LogP contribution >= 0.6 is 0 Å². The molecule has 1 heterocycles. The summed E-state index contributed by atoms with van der Waals surface area (Å²) in [5.74, 6) is -21.0. The maximum atomic E-state index is 14.0. The van der Waals surface area contributed by atoms with E-state index in [0.29, 0.717) is 19.3 Å². The second-order valence-corrected chi connectivity index (χ2v) is 42.7. The second-order valence-electron chi connectivity index (χ2n) is 42.7. The number of carbonyl (C=O) groups excluding carboxylic acids is 22. The third-order valence-corrected chi connectivity index (χ3v) is 23.8. The monoisotopic (exact) mass is 2030 g/mol. The molecule has 0 unspecified atom stereocenters. The predicted molar refractivity (Wildman–Crippen MR) is 529 cm³/mol. The number of hydrogen-bond donors (Lipinski definition) is 24. The number of carbonyl (C=O) groups is 23. The van der Waals surface area contributed by atoms with Crippen LogP contribution in [0.15, 0.2) is 0 Å². The molecule has 21 amide bonds. The lowest BCUT2D eigenvalue weighted by Gasteiger charge is -2.36. The average molecular weight is 2030 g/mol. The summed E-state index contributed by atoms with van der Waals surface area (Å²) in [6, 6.07) is -13.3. The SMILES string of the molecule is CCCCCCCCCCCC(=O)[C@@H](C)C(=O)N1CCC[C@H]1C(=O)NC(C)(C)C(=O)NC(C)(C)C(=O)NC(C)(C)C(=O)NC(C)(C)C(=O)N[C@@H](C)C(=O)N[C@@H](C)C(=O)NC(C)(C)C(=O)N[C@@H](CC(C)C)C(=O)N[C@@H](C)C(=O)NC(C)(C)C(=O)N[C@@H](C)C(=O)N[C@@H](C)C(=O)NC(C)(C)C(=O)N[C@H](CCCNC(=N)N)C(=O)N[C@@H](C)C(=O)NC(C)(C)C(=O)NCC(=O)NC(C)(C)C(=O)NC(C)(C)C(=O)N[C@@H](C)C(=O)O. The first kappa shape index (κ1) is 128. The molecular formula is C95H166N24O24. The molecule has 0 aromatic rings. The van der Waals surface area contributed by atoms with Gasteiger partial charge in [-0.3, -0.25) is 116 Å². The van der Waals surface area contributed by atoms with Gasteiger partial charge in [0.1, 0.15) is 122 Å². The van der Waals surface area contributed by atoms with E-state index in [4.69, 9.17) is 16.2 Å². The molecule has 1 fully saturated rings. The number of carboxylic acid groups (broad SMARTS) is 1. The molecule has 1 rings (SSSR count). The number of rotatable bonds is 59. The number of Topliss-reactive ketones (excluding diaryl/α,β-unsaturated/α-hetero) is 1. The second kappa shape index (κ2) is 54.7. The molecule has 0 radical (unpaired) electrons. The summed E-state index contributed by atoms with van der Waals surface area (Å²) in [4.78, 5) is 312. The van der Waals surface area contributed by atoms with E-state index in [2.05, 4.69) is 119 Å². The Labute approximate surface area is 839 Å². The van der Waals surface area contributed by atoms with Crippen LogP contribution in [0.3, 0.4) is 0 Å². The van der Waals surface area contributed by atoms with Gasteiger partial charge in [-0.25, -0.2) is 0 Å². The fourth-order valence-corrected chi connectivity index (χ4v) is 13.7. The van der Waals surface area contributed by atoms with Gasteiger partial charge in [0.15, 0.2) is 5.96 Å². The lowest BCUT2D eigenvalue weighted by Crippen LogP contribution is -2.68. The molecule has 810 valence electrons. The first-order chi connectivity index (χ1) is 65.2. The van der Waals surface area contributed by atoms with Crippen molar-refractivity contribution < 1.29 is 115 Å². The number of nitrogens with zero attached hydrogens (tertiary/aromatic N) is 1. The number of hydrogen-bond acceptors (Lipinski definition) is 24. The third-order valence-electron chi connectivity index (χ3n) is 23.8. The maximum absolute atomic E-state index is 14.0. The Kier molecular flexibility index (Phi) is 49.0. The van der Waals surface area contributed by atoms with Crippen LogP contribution in [-0.2, 0) is 110 Å². The van der Waals surface area contributed by atoms with E-state index >= 15 is 0 Å². The molecule has 0 aromatic carbocycles. The minimum atomic E-state index is -1.84. The third kappa shape index (κ3) is 42.4. The Morgan fingerprint density at radius 1 is 0.336 bits per heavy atom. The molecule has 48 heteroatoms. The Morgan fingerprint density at radius 2 is 0.636 bits per heavy atom. The van der Waals surface area contributed by atoms with Crippen molar-refractivity contribution in [2.75, 3.05) is 19.6 Å². The van der Waals surface area contributed by atoms with E-state index in [1.165, 1.54) is 218 Å². The minimum absolute atomic E-state index is 0.00288. The smallest absolute Gasteiger partial charge is 0.325 e. The van der Waals surface area contributed by atoms with Gasteiger partial charge in [0.05, 0.1) is 12.5 Å². The average Bonchev–Trinajstić information content (AvgIpc) is 1.71. The van der Waals surface area contributed by atoms with E-state index in [0.717, 1.165) is 25.7 Å². The van der Waals surface area contributed by atoms with Gasteiger partial charge in [0, 0.05) is 19.5 Å².